The summed E-state index contributed by atoms with van der Waals surface area (Å²) < 4.78 is 38.0. The Morgan fingerprint density at radius 1 is 1.21 bits per heavy atom. The number of hydrogen-bond acceptors (Lipinski definition) is 6. The number of hydrogen-bond donors (Lipinski definition) is 0. The monoisotopic (exact) mass is 491 g/mol. The molecule has 0 saturated carbocycles. The van der Waals surface area contributed by atoms with Crippen LogP contribution in [0.2, 0.25) is 18.1 Å². The van der Waals surface area contributed by atoms with E-state index in [4.69, 9.17) is 18.2 Å². The second kappa shape index (κ2) is 10.9. The summed E-state index contributed by atoms with van der Waals surface area (Å²) in [6, 6.07) is 7.26. The Hall–Kier alpha value is -2.08. The number of nitrogens with zero attached hydrogens (tertiary/aromatic N) is 1. The van der Waals surface area contributed by atoms with Gasteiger partial charge in [0.25, 0.3) is 8.32 Å². The molecule has 0 radical (unpaired) electrons. The molecule has 1 unspecified atom stereocenters. The Labute approximate surface area is 200 Å². The lowest BCUT2D eigenvalue weighted by molar-refractivity contribution is 0.289. The molecule has 1 atom stereocenters. The molecule has 2 rings (SSSR count). The molecular formula is C25H38NO5PSi. The summed E-state index contributed by atoms with van der Waals surface area (Å²) in [7, 11) is -4.16. The molecule has 0 bridgehead atoms. The van der Waals surface area contributed by atoms with Gasteiger partial charge in [-0.15, -0.1) is 0 Å². The van der Waals surface area contributed by atoms with E-state index in [2.05, 4.69) is 38.8 Å². The first kappa shape index (κ1) is 27.2. The van der Waals surface area contributed by atoms with Gasteiger partial charge in [0.15, 0.2) is 5.75 Å². The van der Waals surface area contributed by atoms with Gasteiger partial charge in [0.2, 0.25) is 0 Å². The van der Waals surface area contributed by atoms with E-state index in [-0.39, 0.29) is 11.6 Å². The van der Waals surface area contributed by atoms with Gasteiger partial charge in [0.1, 0.15) is 11.5 Å². The third kappa shape index (κ3) is 6.49. The zero-order valence-electron chi connectivity index (χ0n) is 21.4. The molecule has 0 spiro atoms. The Morgan fingerprint density at radius 2 is 1.91 bits per heavy atom. The van der Waals surface area contributed by atoms with Gasteiger partial charge in [0.05, 0.1) is 25.2 Å². The van der Waals surface area contributed by atoms with E-state index >= 15 is 0 Å². The molecule has 0 amide bonds. The van der Waals surface area contributed by atoms with Gasteiger partial charge >= 0.3 is 7.60 Å². The molecule has 0 aliphatic heterocycles. The highest BCUT2D eigenvalue weighted by atomic mass is 31.2. The lowest BCUT2D eigenvalue weighted by Crippen LogP contribution is -2.44. The average Bonchev–Trinajstić information content (AvgIpc) is 2.73. The van der Waals surface area contributed by atoms with Crippen molar-refractivity contribution < 1.29 is 22.8 Å². The van der Waals surface area contributed by atoms with Gasteiger partial charge in [0, 0.05) is 6.20 Å². The van der Waals surface area contributed by atoms with Crippen LogP contribution in [-0.4, -0.2) is 27.0 Å². The van der Waals surface area contributed by atoms with Crippen LogP contribution in [0.3, 0.4) is 0 Å². The standard InChI is InChI=1S/C25H38NO5PSi/c1-10-13-23(32(27,29-11-2)30-21-14-12-15-26-18-21)20-16-19(3)24(22(17-20)28-7)31-33(8,9)25(4,5)6/h12-18H,10-11H2,1-9H3/b23-13+. The number of rotatable bonds is 10. The normalized spacial score (nSPS) is 14.5. The van der Waals surface area contributed by atoms with E-state index in [1.807, 2.05) is 32.1 Å². The summed E-state index contributed by atoms with van der Waals surface area (Å²) in [6.45, 7) is 17.0. The van der Waals surface area contributed by atoms with Crippen molar-refractivity contribution in [1.82, 2.24) is 4.98 Å². The second-order valence-electron chi connectivity index (χ2n) is 9.38. The maximum absolute atomic E-state index is 14.0. The number of allylic oxidation sites excluding steroid dienone is 1. The summed E-state index contributed by atoms with van der Waals surface area (Å²) in [5.74, 6) is 1.71. The van der Waals surface area contributed by atoms with Crippen molar-refractivity contribution in [2.45, 2.75) is 66.1 Å². The van der Waals surface area contributed by atoms with Crippen LogP contribution in [0.4, 0.5) is 0 Å². The second-order valence-corrected chi connectivity index (χ2v) is 16.0. The average molecular weight is 492 g/mol. The van der Waals surface area contributed by atoms with Crippen molar-refractivity contribution in [3.8, 4) is 17.2 Å². The van der Waals surface area contributed by atoms with Crippen molar-refractivity contribution in [2.24, 2.45) is 0 Å². The molecule has 8 heteroatoms. The van der Waals surface area contributed by atoms with E-state index in [1.54, 1.807) is 32.4 Å². The molecule has 0 N–H and O–H groups in total. The van der Waals surface area contributed by atoms with Crippen LogP contribution < -0.4 is 13.7 Å². The maximum atomic E-state index is 14.0. The quantitative estimate of drug-likeness (QED) is 0.249. The third-order valence-corrected chi connectivity index (χ3v) is 12.2. The number of benzene rings is 1. The van der Waals surface area contributed by atoms with Crippen molar-refractivity contribution in [1.29, 1.82) is 0 Å². The Kier molecular flexibility index (Phi) is 8.97. The zero-order chi connectivity index (χ0) is 24.9. The van der Waals surface area contributed by atoms with Crippen LogP contribution in [0.5, 0.6) is 17.2 Å². The number of aromatic nitrogens is 1. The van der Waals surface area contributed by atoms with E-state index in [0.29, 0.717) is 23.2 Å². The van der Waals surface area contributed by atoms with Gasteiger partial charge in [-0.1, -0.05) is 33.8 Å². The Morgan fingerprint density at radius 3 is 2.42 bits per heavy atom. The fourth-order valence-corrected chi connectivity index (χ4v) is 5.96. The molecule has 0 aliphatic carbocycles. The van der Waals surface area contributed by atoms with Crippen LogP contribution in [0.15, 0.2) is 42.7 Å². The molecule has 182 valence electrons. The topological polar surface area (TPSA) is 66.9 Å². The third-order valence-electron chi connectivity index (χ3n) is 5.77. The lowest BCUT2D eigenvalue weighted by Gasteiger charge is -2.37. The molecule has 1 aromatic carbocycles. The van der Waals surface area contributed by atoms with Crippen LogP contribution in [0.1, 0.15) is 52.2 Å². The van der Waals surface area contributed by atoms with Crippen LogP contribution in [0, 0.1) is 6.92 Å². The SMILES string of the molecule is CC/C=C(\c1cc(C)c(O[Si](C)(C)C(C)(C)C)c(OC)c1)P(=O)(OCC)Oc1cccnc1. The smallest absolute Gasteiger partial charge is 0.411 e. The summed E-state index contributed by atoms with van der Waals surface area (Å²) in [4.78, 5) is 4.06. The fraction of sp³-hybridized carbons (Fsp3) is 0.480. The molecular weight excluding hydrogens is 453 g/mol. The van der Waals surface area contributed by atoms with E-state index in [1.165, 1.54) is 6.20 Å². The molecule has 0 fully saturated rings. The van der Waals surface area contributed by atoms with E-state index in [0.717, 1.165) is 16.9 Å². The summed E-state index contributed by atoms with van der Waals surface area (Å²) >= 11 is 0. The molecule has 6 nitrogen and oxygen atoms in total. The van der Waals surface area contributed by atoms with Gasteiger partial charge < -0.3 is 13.7 Å². The van der Waals surface area contributed by atoms with Crippen molar-refractivity contribution in [3.63, 3.8) is 0 Å². The number of aryl methyl sites for hydroxylation is 1. The maximum Gasteiger partial charge on any atom is 0.411 e. The summed E-state index contributed by atoms with van der Waals surface area (Å²) in [5, 5.41) is 0.537. The highest BCUT2D eigenvalue weighted by Gasteiger charge is 2.40. The van der Waals surface area contributed by atoms with Gasteiger partial charge in [-0.2, -0.15) is 0 Å². The minimum absolute atomic E-state index is 0.0403. The Bertz CT molecular complexity index is 1020. The van der Waals surface area contributed by atoms with Crippen LogP contribution in [0.25, 0.3) is 5.31 Å². The van der Waals surface area contributed by atoms with E-state index in [9.17, 15) is 4.57 Å². The minimum atomic E-state index is -3.69. The van der Waals surface area contributed by atoms with Crippen molar-refractivity contribution in [2.75, 3.05) is 13.7 Å². The van der Waals surface area contributed by atoms with E-state index < -0.39 is 15.9 Å². The number of pyridine rings is 1. The van der Waals surface area contributed by atoms with Crippen LogP contribution >= 0.6 is 7.60 Å². The molecule has 33 heavy (non-hydrogen) atoms. The zero-order valence-corrected chi connectivity index (χ0v) is 23.3. The van der Waals surface area contributed by atoms with Gasteiger partial charge in [-0.3, -0.25) is 9.51 Å². The fourth-order valence-electron chi connectivity index (χ4n) is 3.02. The lowest BCUT2D eigenvalue weighted by atomic mass is 10.1. The molecule has 0 aliphatic rings. The number of ether oxygens (including phenoxy) is 1. The highest BCUT2D eigenvalue weighted by Crippen LogP contribution is 2.61. The first-order valence-corrected chi connectivity index (χ1v) is 15.8. The Balaban J connectivity index is 2.59. The minimum Gasteiger partial charge on any atom is -0.541 e. The highest BCUT2D eigenvalue weighted by molar-refractivity contribution is 7.65. The number of methoxy groups -OCH3 is 1. The first-order valence-electron chi connectivity index (χ1n) is 11.3. The van der Waals surface area contributed by atoms with Crippen molar-refractivity contribution in [3.05, 3.63) is 53.9 Å². The first-order chi connectivity index (χ1) is 15.4. The molecule has 1 aromatic heterocycles. The van der Waals surface area contributed by atoms with Crippen molar-refractivity contribution >= 4 is 21.2 Å². The van der Waals surface area contributed by atoms with Crippen LogP contribution in [-0.2, 0) is 9.09 Å². The largest absolute Gasteiger partial charge is 0.541 e. The van der Waals surface area contributed by atoms with Gasteiger partial charge in [-0.05, 0) is 73.8 Å². The molecule has 1 heterocycles. The predicted octanol–water partition coefficient (Wildman–Crippen LogP) is 7.84. The predicted molar refractivity (Wildman–Crippen MR) is 138 cm³/mol. The molecule has 0 saturated heterocycles. The summed E-state index contributed by atoms with van der Waals surface area (Å²) in [6.07, 6.45) is 5.70. The summed E-state index contributed by atoms with van der Waals surface area (Å²) in [5.41, 5.74) is 1.62. The molecule has 2 aromatic rings. The van der Waals surface area contributed by atoms with Gasteiger partial charge in [-0.25, -0.2) is 4.57 Å².